The van der Waals surface area contributed by atoms with Gasteiger partial charge >= 0.3 is 6.18 Å². The molecule has 0 aliphatic rings. The fraction of sp³-hybridized carbons (Fsp3) is 0.278. The number of nitrogens with one attached hydrogen (secondary N) is 1. The van der Waals surface area contributed by atoms with E-state index in [1.807, 2.05) is 0 Å². The maximum absolute atomic E-state index is 13.6. The van der Waals surface area contributed by atoms with Gasteiger partial charge in [0.1, 0.15) is 18.2 Å². The van der Waals surface area contributed by atoms with Crippen LogP contribution in [0.4, 0.5) is 24.9 Å². The molecule has 3 N–H and O–H groups in total. The minimum absolute atomic E-state index is 0.0397. The second kappa shape index (κ2) is 7.85. The van der Waals surface area contributed by atoms with Crippen molar-refractivity contribution in [3.63, 3.8) is 0 Å². The third-order valence-corrected chi connectivity index (χ3v) is 3.95. The van der Waals surface area contributed by atoms with Crippen molar-refractivity contribution in [2.45, 2.75) is 6.18 Å². The van der Waals surface area contributed by atoms with Gasteiger partial charge in [-0.25, -0.2) is 4.98 Å². The van der Waals surface area contributed by atoms with E-state index in [2.05, 4.69) is 20.3 Å². The fourth-order valence-electron chi connectivity index (χ4n) is 2.74. The van der Waals surface area contributed by atoms with Crippen LogP contribution in [0.2, 0.25) is 0 Å². The summed E-state index contributed by atoms with van der Waals surface area (Å²) in [6, 6.07) is 6.79. The van der Waals surface area contributed by atoms with E-state index in [1.165, 1.54) is 25.3 Å². The van der Waals surface area contributed by atoms with Gasteiger partial charge in [0.15, 0.2) is 5.65 Å². The Morgan fingerprint density at radius 2 is 1.86 bits per heavy atom. The standard InChI is InChI=1S/C18H18F3N5O2/c1-23-15-10-6-7-12(24-16(10)26-17(22)25-15)14-11(18(19,20)21)4-3-5-13(14)28-9-8-27-2/h3-7H,8-9H2,1-2H3,(H3,22,23,24,25,26). The quantitative estimate of drug-likeness (QED) is 0.620. The number of halogens is 3. The number of ether oxygens (including phenoxy) is 2. The maximum atomic E-state index is 13.6. The van der Waals surface area contributed by atoms with Crippen molar-refractivity contribution in [2.75, 3.05) is 38.4 Å². The number of hydrogen-bond donors (Lipinski definition) is 2. The average molecular weight is 393 g/mol. The minimum atomic E-state index is -4.59. The molecule has 3 rings (SSSR count). The van der Waals surface area contributed by atoms with Crippen LogP contribution in [0.5, 0.6) is 5.75 Å². The molecule has 0 unspecified atom stereocenters. The Labute approximate surface area is 158 Å². The van der Waals surface area contributed by atoms with Gasteiger partial charge in [0.05, 0.1) is 28.8 Å². The zero-order valence-corrected chi connectivity index (χ0v) is 15.2. The predicted molar refractivity (Wildman–Crippen MR) is 99.1 cm³/mol. The van der Waals surface area contributed by atoms with Gasteiger partial charge in [0, 0.05) is 14.2 Å². The monoisotopic (exact) mass is 393 g/mol. The number of alkyl halides is 3. The van der Waals surface area contributed by atoms with Crippen LogP contribution < -0.4 is 15.8 Å². The Morgan fingerprint density at radius 3 is 2.54 bits per heavy atom. The lowest BCUT2D eigenvalue weighted by Gasteiger charge is -2.17. The topological polar surface area (TPSA) is 95.2 Å². The van der Waals surface area contributed by atoms with Crippen molar-refractivity contribution >= 4 is 22.8 Å². The summed E-state index contributed by atoms with van der Waals surface area (Å²) in [4.78, 5) is 12.4. The molecule has 2 heterocycles. The van der Waals surface area contributed by atoms with Gasteiger partial charge in [-0.2, -0.15) is 23.1 Å². The van der Waals surface area contributed by atoms with Crippen molar-refractivity contribution in [3.05, 3.63) is 35.9 Å². The van der Waals surface area contributed by atoms with Crippen LogP contribution in [0.3, 0.4) is 0 Å². The first-order valence-corrected chi connectivity index (χ1v) is 8.29. The number of pyridine rings is 1. The van der Waals surface area contributed by atoms with Gasteiger partial charge in [-0.15, -0.1) is 0 Å². The lowest BCUT2D eigenvalue weighted by atomic mass is 10.0. The fourth-order valence-corrected chi connectivity index (χ4v) is 2.74. The second-order valence-electron chi connectivity index (χ2n) is 5.77. The molecule has 28 heavy (non-hydrogen) atoms. The van der Waals surface area contributed by atoms with Crippen molar-refractivity contribution < 1.29 is 22.6 Å². The van der Waals surface area contributed by atoms with Crippen LogP contribution in [-0.4, -0.2) is 42.3 Å². The Balaban J connectivity index is 2.20. The Kier molecular flexibility index (Phi) is 5.50. The summed E-state index contributed by atoms with van der Waals surface area (Å²) >= 11 is 0. The van der Waals surface area contributed by atoms with Crippen LogP contribution in [0, 0.1) is 0 Å². The highest BCUT2D eigenvalue weighted by Gasteiger charge is 2.35. The van der Waals surface area contributed by atoms with Gasteiger partial charge in [-0.05, 0) is 24.3 Å². The first-order valence-electron chi connectivity index (χ1n) is 8.29. The molecular weight excluding hydrogens is 375 g/mol. The highest BCUT2D eigenvalue weighted by molar-refractivity contribution is 5.89. The van der Waals surface area contributed by atoms with Gasteiger partial charge in [-0.1, -0.05) is 6.07 Å². The number of nitrogens with zero attached hydrogens (tertiary/aromatic N) is 3. The molecule has 0 aliphatic carbocycles. The number of nitrogen functional groups attached to an aromatic ring is 1. The zero-order valence-electron chi connectivity index (χ0n) is 15.2. The zero-order chi connectivity index (χ0) is 20.3. The number of aromatic nitrogens is 3. The summed E-state index contributed by atoms with van der Waals surface area (Å²) in [7, 11) is 3.13. The van der Waals surface area contributed by atoms with Crippen LogP contribution in [0.1, 0.15) is 5.56 Å². The molecule has 0 saturated carbocycles. The van der Waals surface area contributed by atoms with E-state index in [0.29, 0.717) is 11.2 Å². The third kappa shape index (κ3) is 3.91. The molecule has 0 spiro atoms. The van der Waals surface area contributed by atoms with Gasteiger partial charge in [0.25, 0.3) is 0 Å². The number of fused-ring (bicyclic) bond motifs is 1. The Bertz CT molecular complexity index is 995. The molecule has 0 aliphatic heterocycles. The molecule has 0 atom stereocenters. The van der Waals surface area contributed by atoms with E-state index in [1.54, 1.807) is 13.1 Å². The molecule has 7 nitrogen and oxygen atoms in total. The molecule has 0 fully saturated rings. The lowest BCUT2D eigenvalue weighted by Crippen LogP contribution is -2.11. The molecule has 0 radical (unpaired) electrons. The highest BCUT2D eigenvalue weighted by atomic mass is 19.4. The van der Waals surface area contributed by atoms with E-state index >= 15 is 0 Å². The molecule has 10 heteroatoms. The molecule has 3 aromatic rings. The summed E-state index contributed by atoms with van der Waals surface area (Å²) in [6.07, 6.45) is -4.59. The largest absolute Gasteiger partial charge is 0.490 e. The van der Waals surface area contributed by atoms with E-state index in [0.717, 1.165) is 6.07 Å². The normalized spacial score (nSPS) is 11.6. The van der Waals surface area contributed by atoms with E-state index < -0.39 is 11.7 Å². The van der Waals surface area contributed by atoms with E-state index in [4.69, 9.17) is 15.2 Å². The molecule has 0 amide bonds. The lowest BCUT2D eigenvalue weighted by molar-refractivity contribution is -0.137. The smallest absolute Gasteiger partial charge is 0.417 e. The van der Waals surface area contributed by atoms with E-state index in [9.17, 15) is 13.2 Å². The summed E-state index contributed by atoms with van der Waals surface area (Å²) in [5.74, 6) is 0.444. The molecule has 2 aromatic heterocycles. The van der Waals surface area contributed by atoms with Gasteiger partial charge < -0.3 is 20.5 Å². The van der Waals surface area contributed by atoms with E-state index in [-0.39, 0.29) is 41.8 Å². The van der Waals surface area contributed by atoms with Crippen molar-refractivity contribution in [3.8, 4) is 17.0 Å². The number of rotatable bonds is 6. The number of anilines is 2. The molecule has 1 aromatic carbocycles. The number of methoxy groups -OCH3 is 1. The second-order valence-corrected chi connectivity index (χ2v) is 5.77. The molecular formula is C18H18F3N5O2. The SMILES string of the molecule is CNc1nc(N)nc2nc(-c3c(OCCOC)cccc3C(F)(F)F)ccc12. The Hall–Kier alpha value is -3.14. The first kappa shape index (κ1) is 19.6. The summed E-state index contributed by atoms with van der Waals surface area (Å²) < 4.78 is 51.3. The highest BCUT2D eigenvalue weighted by Crippen LogP contribution is 2.42. The maximum Gasteiger partial charge on any atom is 0.417 e. The van der Waals surface area contributed by atoms with Crippen molar-refractivity contribution in [1.29, 1.82) is 0 Å². The van der Waals surface area contributed by atoms with Gasteiger partial charge in [0.2, 0.25) is 5.95 Å². The van der Waals surface area contributed by atoms with Crippen LogP contribution in [0.15, 0.2) is 30.3 Å². The summed E-state index contributed by atoms with van der Waals surface area (Å²) in [5, 5.41) is 3.40. The number of hydrogen-bond acceptors (Lipinski definition) is 7. The molecule has 148 valence electrons. The summed E-state index contributed by atoms with van der Waals surface area (Å²) in [6.45, 7) is 0.327. The Morgan fingerprint density at radius 1 is 1.07 bits per heavy atom. The molecule has 0 bridgehead atoms. The number of nitrogens with two attached hydrogens (primary N) is 1. The number of benzene rings is 1. The minimum Gasteiger partial charge on any atom is -0.490 e. The first-order chi connectivity index (χ1) is 13.3. The average Bonchev–Trinajstić information content (AvgIpc) is 2.66. The van der Waals surface area contributed by atoms with Gasteiger partial charge in [-0.3, -0.25) is 0 Å². The molecule has 0 saturated heterocycles. The van der Waals surface area contributed by atoms with Crippen LogP contribution in [0.25, 0.3) is 22.3 Å². The van der Waals surface area contributed by atoms with Crippen LogP contribution in [-0.2, 0) is 10.9 Å². The van der Waals surface area contributed by atoms with Crippen LogP contribution >= 0.6 is 0 Å². The summed E-state index contributed by atoms with van der Waals surface area (Å²) in [5.41, 5.74) is 4.89. The third-order valence-electron chi connectivity index (χ3n) is 3.95. The van der Waals surface area contributed by atoms with Crippen molar-refractivity contribution in [2.24, 2.45) is 0 Å². The predicted octanol–water partition coefficient (Wildman–Crippen LogP) is 3.36. The van der Waals surface area contributed by atoms with Crippen molar-refractivity contribution in [1.82, 2.24) is 15.0 Å².